The lowest BCUT2D eigenvalue weighted by Gasteiger charge is -2.40. The van der Waals surface area contributed by atoms with E-state index in [1.807, 2.05) is 54.9 Å². The molecule has 318 valence electrons. The van der Waals surface area contributed by atoms with Crippen molar-refractivity contribution in [2.75, 3.05) is 60.9 Å². The topological polar surface area (TPSA) is 188 Å². The second kappa shape index (κ2) is 17.0. The van der Waals surface area contributed by atoms with Crippen LogP contribution in [0.2, 0.25) is 0 Å². The van der Waals surface area contributed by atoms with Crippen molar-refractivity contribution in [3.8, 4) is 0 Å². The number of benzene rings is 3. The zero-order valence-electron chi connectivity index (χ0n) is 34.4. The van der Waals surface area contributed by atoms with Crippen LogP contribution in [-0.4, -0.2) is 109 Å². The first-order valence-corrected chi connectivity index (χ1v) is 21.6. The molecule has 3 saturated heterocycles. The summed E-state index contributed by atoms with van der Waals surface area (Å²) in [5, 5.41) is 17.6. The Labute approximate surface area is 357 Å². The normalized spacial score (nSPS) is 21.2. The number of rotatable bonds is 11. The summed E-state index contributed by atoms with van der Waals surface area (Å²) in [5.74, 6) is 0.484. The Bertz CT molecular complexity index is 2660. The molecule has 1 saturated carbocycles. The highest BCUT2D eigenvalue weighted by Crippen LogP contribution is 2.36. The van der Waals surface area contributed by atoms with Crippen molar-refractivity contribution in [1.82, 2.24) is 50.0 Å². The molecule has 10 rings (SSSR count). The van der Waals surface area contributed by atoms with E-state index in [2.05, 4.69) is 79.8 Å². The molecule has 1 atom stereocenters. The summed E-state index contributed by atoms with van der Waals surface area (Å²) in [6, 6.07) is 23.5. The van der Waals surface area contributed by atoms with Crippen LogP contribution in [0.25, 0.3) is 22.1 Å². The number of carbonyl (C=O) groups is 3. The number of fused-ring (bicyclic) bond motifs is 2. The molecule has 0 spiro atoms. The largest absolute Gasteiger partial charge is 0.372 e. The minimum absolute atomic E-state index is 0.0480. The van der Waals surface area contributed by atoms with Gasteiger partial charge >= 0.3 is 0 Å². The lowest BCUT2D eigenvalue weighted by atomic mass is 9.86. The number of anilines is 4. The Kier molecular flexibility index (Phi) is 10.8. The number of nitrogens with one attached hydrogen (secondary N) is 3. The van der Waals surface area contributed by atoms with E-state index in [4.69, 9.17) is 4.98 Å². The van der Waals surface area contributed by atoms with Gasteiger partial charge in [0.25, 0.3) is 11.5 Å². The predicted molar refractivity (Wildman–Crippen MR) is 234 cm³/mol. The van der Waals surface area contributed by atoms with Gasteiger partial charge in [-0.25, -0.2) is 15.0 Å². The van der Waals surface area contributed by atoms with Crippen molar-refractivity contribution in [1.29, 1.82) is 0 Å². The second-order valence-electron chi connectivity index (χ2n) is 17.0. The quantitative estimate of drug-likeness (QED) is 0.160. The van der Waals surface area contributed by atoms with Crippen LogP contribution in [0, 0.1) is 5.92 Å². The smallest absolute Gasteiger partial charge is 0.278 e. The van der Waals surface area contributed by atoms with Gasteiger partial charge in [0.15, 0.2) is 17.0 Å². The van der Waals surface area contributed by atoms with E-state index < -0.39 is 11.9 Å². The van der Waals surface area contributed by atoms with Crippen molar-refractivity contribution in [2.24, 2.45) is 5.92 Å². The van der Waals surface area contributed by atoms with Gasteiger partial charge in [0.2, 0.25) is 11.8 Å². The van der Waals surface area contributed by atoms with Crippen LogP contribution in [0.15, 0.2) is 90.2 Å². The van der Waals surface area contributed by atoms with Crippen molar-refractivity contribution < 1.29 is 14.4 Å². The van der Waals surface area contributed by atoms with E-state index in [0.29, 0.717) is 29.1 Å². The third-order valence-electron chi connectivity index (χ3n) is 13.0. The van der Waals surface area contributed by atoms with Crippen molar-refractivity contribution in [3.05, 3.63) is 101 Å². The number of carbonyl (C=O) groups excluding carboxylic acids is 3. The number of imidazole rings is 1. The Morgan fingerprint density at radius 3 is 2.34 bits per heavy atom. The molecule has 17 nitrogen and oxygen atoms in total. The number of hydrogen-bond acceptors (Lipinski definition) is 13. The van der Waals surface area contributed by atoms with Gasteiger partial charge in [-0.1, -0.05) is 35.5 Å². The van der Waals surface area contributed by atoms with E-state index >= 15 is 0 Å². The summed E-state index contributed by atoms with van der Waals surface area (Å²) in [5.41, 5.74) is 5.72. The number of nitrogens with zero attached hydrogens (tertiary/aromatic N) is 10. The molecular formula is C45H49N13O4. The maximum Gasteiger partial charge on any atom is 0.278 e. The maximum atomic E-state index is 13.4. The molecule has 3 N–H and O–H groups in total. The van der Waals surface area contributed by atoms with Crippen molar-refractivity contribution >= 4 is 62.7 Å². The number of imide groups is 1. The van der Waals surface area contributed by atoms with Crippen LogP contribution >= 0.6 is 0 Å². The fraction of sp³-hybridized carbons (Fsp3) is 0.400. The van der Waals surface area contributed by atoms with Gasteiger partial charge in [-0.3, -0.25) is 29.4 Å². The Morgan fingerprint density at radius 1 is 0.806 bits per heavy atom. The van der Waals surface area contributed by atoms with Gasteiger partial charge in [0, 0.05) is 81.4 Å². The van der Waals surface area contributed by atoms with E-state index in [1.165, 1.54) is 5.69 Å². The minimum atomic E-state index is -0.845. The fourth-order valence-corrected chi connectivity index (χ4v) is 9.38. The van der Waals surface area contributed by atoms with Gasteiger partial charge in [-0.2, -0.15) is 4.68 Å². The molecule has 62 heavy (non-hydrogen) atoms. The number of piperazine rings is 1. The van der Waals surface area contributed by atoms with E-state index in [-0.39, 0.29) is 42.3 Å². The third-order valence-corrected chi connectivity index (χ3v) is 13.0. The fourth-order valence-electron chi connectivity index (χ4n) is 9.38. The predicted octanol–water partition coefficient (Wildman–Crippen LogP) is 3.75. The van der Waals surface area contributed by atoms with Gasteiger partial charge in [0.05, 0.1) is 18.1 Å². The van der Waals surface area contributed by atoms with Crippen LogP contribution in [0.3, 0.4) is 0 Å². The highest BCUT2D eigenvalue weighted by atomic mass is 16.2. The number of hydrogen-bond donors (Lipinski definition) is 3. The zero-order valence-corrected chi connectivity index (χ0v) is 34.4. The molecule has 4 fully saturated rings. The molecule has 0 unspecified atom stereocenters. The number of piperidine rings is 2. The van der Waals surface area contributed by atoms with Gasteiger partial charge in [-0.15, -0.1) is 5.10 Å². The minimum Gasteiger partial charge on any atom is -0.372 e. The van der Waals surface area contributed by atoms with E-state index in [1.54, 1.807) is 6.33 Å². The summed E-state index contributed by atoms with van der Waals surface area (Å²) in [4.78, 5) is 71.2. The molecule has 6 heterocycles. The molecule has 3 aromatic carbocycles. The van der Waals surface area contributed by atoms with Crippen LogP contribution in [0.1, 0.15) is 56.2 Å². The third kappa shape index (κ3) is 8.19. The first-order valence-electron chi connectivity index (χ1n) is 21.6. The van der Waals surface area contributed by atoms with Gasteiger partial charge < -0.3 is 25.0 Å². The molecule has 0 radical (unpaired) electrons. The lowest BCUT2D eigenvalue weighted by Crippen LogP contribution is -2.49. The monoisotopic (exact) mass is 835 g/mol. The van der Waals surface area contributed by atoms with E-state index in [9.17, 15) is 19.2 Å². The average Bonchev–Trinajstić information content (AvgIpc) is 3.71. The molecule has 3 aliphatic heterocycles. The number of aromatic nitrogens is 7. The molecule has 3 amide bonds. The van der Waals surface area contributed by atoms with Gasteiger partial charge in [-0.05, 0) is 86.1 Å². The highest BCUT2D eigenvalue weighted by Gasteiger charge is 2.34. The second-order valence-corrected chi connectivity index (χ2v) is 17.0. The van der Waals surface area contributed by atoms with Crippen LogP contribution in [0.4, 0.5) is 22.9 Å². The molecule has 17 heteroatoms. The van der Waals surface area contributed by atoms with E-state index in [0.717, 1.165) is 104 Å². The molecule has 6 aromatic rings. The summed E-state index contributed by atoms with van der Waals surface area (Å²) in [6.45, 7) is 6.68. The van der Waals surface area contributed by atoms with Crippen LogP contribution in [-0.2, 0) is 20.8 Å². The van der Waals surface area contributed by atoms with Crippen molar-refractivity contribution in [3.63, 3.8) is 0 Å². The summed E-state index contributed by atoms with van der Waals surface area (Å²) >= 11 is 0. The first-order chi connectivity index (χ1) is 30.3. The Hall–Kier alpha value is -6.75. The summed E-state index contributed by atoms with van der Waals surface area (Å²) in [6.07, 6.45) is 8.12. The number of amides is 3. The van der Waals surface area contributed by atoms with Crippen LogP contribution < -0.4 is 31.3 Å². The molecule has 4 aliphatic rings. The molecular weight excluding hydrogens is 787 g/mol. The summed E-state index contributed by atoms with van der Waals surface area (Å²) < 4.78 is 3.22. The molecule has 1 aliphatic carbocycles. The zero-order chi connectivity index (χ0) is 42.2. The maximum absolute atomic E-state index is 13.4. The summed E-state index contributed by atoms with van der Waals surface area (Å²) in [7, 11) is 0. The highest BCUT2D eigenvalue weighted by molar-refractivity contribution is 5.99. The van der Waals surface area contributed by atoms with Crippen molar-refractivity contribution in [2.45, 2.75) is 63.1 Å². The average molecular weight is 836 g/mol. The molecule has 0 bridgehead atoms. The Balaban J connectivity index is 0.684. The standard InChI is InChI=1S/C45H49N13O4/c59-39-13-12-38(44(61)51-39)58-45(62)36-25-34(10-11-37(36)52-53-58)56-20-18-54(19-21-56)26-30-14-16-55(17-15-30)33-8-6-31(7-9-33)50-42-41-43(47-27-46-42)57(28-48-41)35-23-32(24-35)49-40(60)22-29-4-2-1-3-5-29/h1-11,25,27-28,30,32,35,38H,12-24,26H2,(H,49,60)(H,46,47,50)(H,51,59,61)/t32?,35?,38-/m0/s1. The van der Waals surface area contributed by atoms with Gasteiger partial charge in [0.1, 0.15) is 17.9 Å². The SMILES string of the molecule is O=C1CC[C@H](n2nnc3ccc(N4CCN(CC5CCN(c6ccc(Nc7ncnc8c7ncn8C7CC(NC(=O)Cc8ccccc8)C7)cc6)CC5)CC4)cc3c2=O)C(=O)N1. The first kappa shape index (κ1) is 39.4. The lowest BCUT2D eigenvalue weighted by molar-refractivity contribution is -0.136. The van der Waals surface area contributed by atoms with Crippen LogP contribution in [0.5, 0.6) is 0 Å². The molecule has 3 aromatic heterocycles. The Morgan fingerprint density at radius 2 is 1.56 bits per heavy atom.